The van der Waals surface area contributed by atoms with Gasteiger partial charge in [-0.05, 0) is 38.6 Å². The standard InChI is InChI=1S/C19H22F2N4O/c1-24-7-2-3-12(10-24)19(26)25-8-6-16-17(11-25)23-18(22-16)14-5-4-13(20)9-15(14)21/h4-5,9,12H,2-3,6-8,10-11H2,1H3,(H,22,23)/t12-/m1/s1. The van der Waals surface area contributed by atoms with E-state index in [0.29, 0.717) is 25.3 Å². The Morgan fingerprint density at radius 2 is 2.15 bits per heavy atom. The Bertz CT molecular complexity index is 835. The molecule has 7 heteroatoms. The summed E-state index contributed by atoms with van der Waals surface area (Å²) in [5.74, 6) is -0.635. The number of carbonyl (C=O) groups is 1. The van der Waals surface area contributed by atoms with Crippen molar-refractivity contribution in [2.45, 2.75) is 25.8 Å². The molecule has 0 saturated carbocycles. The van der Waals surface area contributed by atoms with Gasteiger partial charge < -0.3 is 14.8 Å². The molecule has 0 radical (unpaired) electrons. The molecular formula is C19H22F2N4O. The fraction of sp³-hybridized carbons (Fsp3) is 0.474. The highest BCUT2D eigenvalue weighted by Crippen LogP contribution is 2.27. The number of amides is 1. The molecule has 2 aliphatic heterocycles. The van der Waals surface area contributed by atoms with Gasteiger partial charge in [0.25, 0.3) is 0 Å². The minimum atomic E-state index is -0.644. The van der Waals surface area contributed by atoms with E-state index in [4.69, 9.17) is 0 Å². The van der Waals surface area contributed by atoms with Gasteiger partial charge in [0.1, 0.15) is 17.5 Å². The van der Waals surface area contributed by atoms with E-state index in [9.17, 15) is 13.6 Å². The topological polar surface area (TPSA) is 52.2 Å². The van der Waals surface area contributed by atoms with Crippen molar-refractivity contribution in [3.63, 3.8) is 0 Å². The van der Waals surface area contributed by atoms with Crippen molar-refractivity contribution >= 4 is 5.91 Å². The molecule has 0 aliphatic carbocycles. The highest BCUT2D eigenvalue weighted by atomic mass is 19.1. The molecule has 1 aromatic carbocycles. The van der Waals surface area contributed by atoms with Gasteiger partial charge in [-0.25, -0.2) is 13.8 Å². The van der Waals surface area contributed by atoms with Crippen molar-refractivity contribution in [1.29, 1.82) is 0 Å². The van der Waals surface area contributed by atoms with Crippen LogP contribution in [0.4, 0.5) is 8.78 Å². The predicted molar refractivity (Wildman–Crippen MR) is 93.3 cm³/mol. The number of fused-ring (bicyclic) bond motifs is 1. The van der Waals surface area contributed by atoms with Gasteiger partial charge in [-0.1, -0.05) is 0 Å². The molecule has 0 unspecified atom stereocenters. The molecule has 1 aromatic heterocycles. The van der Waals surface area contributed by atoms with Crippen LogP contribution in [0.15, 0.2) is 18.2 Å². The summed E-state index contributed by atoms with van der Waals surface area (Å²) in [6.07, 6.45) is 2.62. The second kappa shape index (κ2) is 6.79. The highest BCUT2D eigenvalue weighted by molar-refractivity contribution is 5.79. The molecule has 0 bridgehead atoms. The molecule has 1 fully saturated rings. The number of H-pyrrole nitrogens is 1. The zero-order valence-corrected chi connectivity index (χ0v) is 14.8. The van der Waals surface area contributed by atoms with E-state index in [0.717, 1.165) is 43.4 Å². The average molecular weight is 360 g/mol. The van der Waals surface area contributed by atoms with E-state index in [-0.39, 0.29) is 17.4 Å². The quantitative estimate of drug-likeness (QED) is 0.896. The second-order valence-corrected chi connectivity index (χ2v) is 7.25. The number of aromatic amines is 1. The molecule has 1 atom stereocenters. The van der Waals surface area contributed by atoms with Gasteiger partial charge in [-0.15, -0.1) is 0 Å². The van der Waals surface area contributed by atoms with E-state index in [2.05, 4.69) is 14.9 Å². The molecule has 1 N–H and O–H groups in total. The maximum absolute atomic E-state index is 14.0. The van der Waals surface area contributed by atoms with Gasteiger partial charge in [-0.3, -0.25) is 4.79 Å². The third kappa shape index (κ3) is 3.23. The molecule has 26 heavy (non-hydrogen) atoms. The lowest BCUT2D eigenvalue weighted by atomic mass is 9.96. The monoisotopic (exact) mass is 360 g/mol. The van der Waals surface area contributed by atoms with Crippen molar-refractivity contribution in [1.82, 2.24) is 19.8 Å². The van der Waals surface area contributed by atoms with Gasteiger partial charge in [0.05, 0.1) is 29.4 Å². The van der Waals surface area contributed by atoms with Gasteiger partial charge in [0.15, 0.2) is 0 Å². The average Bonchev–Trinajstić information content (AvgIpc) is 3.03. The largest absolute Gasteiger partial charge is 0.340 e. The number of likely N-dealkylation sites (tertiary alicyclic amines) is 1. The van der Waals surface area contributed by atoms with E-state index in [1.54, 1.807) is 0 Å². The van der Waals surface area contributed by atoms with Crippen LogP contribution in [0, 0.1) is 17.6 Å². The van der Waals surface area contributed by atoms with Crippen LogP contribution < -0.4 is 0 Å². The molecule has 3 heterocycles. The van der Waals surface area contributed by atoms with Gasteiger partial charge >= 0.3 is 0 Å². The van der Waals surface area contributed by atoms with Crippen molar-refractivity contribution in [3.05, 3.63) is 41.2 Å². The summed E-state index contributed by atoms with van der Waals surface area (Å²) in [7, 11) is 2.05. The zero-order valence-electron chi connectivity index (χ0n) is 14.8. The van der Waals surface area contributed by atoms with Crippen molar-refractivity contribution < 1.29 is 13.6 Å². The first-order valence-electron chi connectivity index (χ1n) is 9.02. The lowest BCUT2D eigenvalue weighted by Crippen LogP contribution is -2.45. The molecule has 0 spiro atoms. The first-order chi connectivity index (χ1) is 12.5. The number of carbonyl (C=O) groups excluding carboxylic acids is 1. The van der Waals surface area contributed by atoms with Crippen molar-refractivity contribution in [2.24, 2.45) is 5.92 Å². The van der Waals surface area contributed by atoms with Crippen LogP contribution in [0.3, 0.4) is 0 Å². The molecule has 1 amide bonds. The lowest BCUT2D eigenvalue weighted by molar-refractivity contribution is -0.138. The summed E-state index contributed by atoms with van der Waals surface area (Å²) in [5.41, 5.74) is 1.94. The number of nitrogens with zero attached hydrogens (tertiary/aromatic N) is 3. The van der Waals surface area contributed by atoms with Gasteiger partial charge in [-0.2, -0.15) is 0 Å². The number of hydrogen-bond acceptors (Lipinski definition) is 3. The smallest absolute Gasteiger partial charge is 0.227 e. The molecule has 138 valence electrons. The fourth-order valence-electron chi connectivity index (χ4n) is 3.92. The Kier molecular flexibility index (Phi) is 4.48. The Hall–Kier alpha value is -2.28. The van der Waals surface area contributed by atoms with Crippen LogP contribution in [-0.4, -0.2) is 52.4 Å². The molecule has 1 saturated heterocycles. The second-order valence-electron chi connectivity index (χ2n) is 7.25. The van der Waals surface area contributed by atoms with E-state index in [1.807, 2.05) is 11.9 Å². The first-order valence-corrected chi connectivity index (χ1v) is 9.02. The zero-order chi connectivity index (χ0) is 18.3. The first kappa shape index (κ1) is 17.1. The highest BCUT2D eigenvalue weighted by Gasteiger charge is 2.31. The number of rotatable bonds is 2. The summed E-state index contributed by atoms with van der Waals surface area (Å²) >= 11 is 0. The van der Waals surface area contributed by atoms with E-state index < -0.39 is 11.6 Å². The number of aromatic nitrogens is 2. The van der Waals surface area contributed by atoms with Crippen molar-refractivity contribution in [3.8, 4) is 11.4 Å². The van der Waals surface area contributed by atoms with Crippen LogP contribution in [-0.2, 0) is 17.8 Å². The summed E-state index contributed by atoms with van der Waals surface area (Å²) in [6.45, 7) is 2.94. The lowest BCUT2D eigenvalue weighted by Gasteiger charge is -2.34. The molecular weight excluding hydrogens is 338 g/mol. The normalized spacial score (nSPS) is 20.9. The summed E-state index contributed by atoms with van der Waals surface area (Å²) in [5, 5.41) is 0. The van der Waals surface area contributed by atoms with Crippen LogP contribution in [0.5, 0.6) is 0 Å². The molecule has 2 aromatic rings. The van der Waals surface area contributed by atoms with Crippen LogP contribution in [0.25, 0.3) is 11.4 Å². The number of benzene rings is 1. The Morgan fingerprint density at radius 3 is 2.92 bits per heavy atom. The van der Waals surface area contributed by atoms with Crippen LogP contribution in [0.2, 0.25) is 0 Å². The Labute approximate surface area is 151 Å². The third-order valence-corrected chi connectivity index (χ3v) is 5.30. The van der Waals surface area contributed by atoms with Gasteiger partial charge in [0.2, 0.25) is 5.91 Å². The summed E-state index contributed by atoms with van der Waals surface area (Å²) in [4.78, 5) is 24.5. The Balaban J connectivity index is 1.52. The maximum Gasteiger partial charge on any atom is 0.227 e. The van der Waals surface area contributed by atoms with E-state index >= 15 is 0 Å². The fourth-order valence-corrected chi connectivity index (χ4v) is 3.92. The number of imidazole rings is 1. The van der Waals surface area contributed by atoms with Gasteiger partial charge in [0, 0.05) is 25.6 Å². The Morgan fingerprint density at radius 1 is 1.31 bits per heavy atom. The SMILES string of the molecule is CN1CCC[C@@H](C(=O)N2CCc3nc(-c4ccc(F)cc4F)[nH]c3C2)C1. The summed E-state index contributed by atoms with van der Waals surface area (Å²) < 4.78 is 27.1. The molecule has 4 rings (SSSR count). The minimum absolute atomic E-state index is 0.0484. The number of hydrogen-bond donors (Lipinski definition) is 1. The number of halogens is 2. The predicted octanol–water partition coefficient (Wildman–Crippen LogP) is 2.58. The van der Waals surface area contributed by atoms with Crippen molar-refractivity contribution in [2.75, 3.05) is 26.7 Å². The van der Waals surface area contributed by atoms with Crippen LogP contribution >= 0.6 is 0 Å². The molecule has 5 nitrogen and oxygen atoms in total. The molecule has 2 aliphatic rings. The number of piperidine rings is 1. The number of nitrogens with one attached hydrogen (secondary N) is 1. The summed E-state index contributed by atoms with van der Waals surface area (Å²) in [6, 6.07) is 3.46. The van der Waals surface area contributed by atoms with Crippen LogP contribution in [0.1, 0.15) is 24.2 Å². The third-order valence-electron chi connectivity index (χ3n) is 5.30. The van der Waals surface area contributed by atoms with E-state index in [1.165, 1.54) is 12.1 Å². The maximum atomic E-state index is 14.0. The minimum Gasteiger partial charge on any atom is -0.340 e.